The molecule has 0 saturated carbocycles. The predicted molar refractivity (Wildman–Crippen MR) is 103 cm³/mol. The van der Waals surface area contributed by atoms with Crippen LogP contribution in [0.3, 0.4) is 0 Å². The van der Waals surface area contributed by atoms with Gasteiger partial charge in [-0.15, -0.1) is 11.3 Å². The Morgan fingerprint density at radius 2 is 1.92 bits per heavy atom. The van der Waals surface area contributed by atoms with Crippen molar-refractivity contribution in [3.63, 3.8) is 0 Å². The minimum absolute atomic E-state index is 0.0610. The number of carbonyl (C=O) groups is 2. The minimum Gasteiger partial charge on any atom is -0.365 e. The second kappa shape index (κ2) is 7.73. The number of nitrogens with zero attached hydrogens (tertiary/aromatic N) is 1. The zero-order valence-corrected chi connectivity index (χ0v) is 15.4. The van der Waals surface area contributed by atoms with Crippen molar-refractivity contribution in [3.05, 3.63) is 56.4 Å². The number of hydrogen-bond acceptors (Lipinski definition) is 4. The van der Waals surface area contributed by atoms with Crippen LogP contribution in [0, 0.1) is 11.3 Å². The first-order chi connectivity index (χ1) is 12.5. The highest BCUT2D eigenvalue weighted by atomic mass is 35.5. The summed E-state index contributed by atoms with van der Waals surface area (Å²) in [6.07, 6.45) is 5.19. The lowest BCUT2D eigenvalue weighted by molar-refractivity contribution is -0.112. The van der Waals surface area contributed by atoms with Gasteiger partial charge in [-0.05, 0) is 55.0 Å². The molecule has 2 aromatic rings. The molecule has 0 unspecified atom stereocenters. The molecule has 0 fully saturated rings. The van der Waals surface area contributed by atoms with Gasteiger partial charge in [-0.1, -0.05) is 23.7 Å². The number of benzene rings is 1. The maximum absolute atomic E-state index is 12.5. The Morgan fingerprint density at radius 1 is 1.23 bits per heavy atom. The summed E-state index contributed by atoms with van der Waals surface area (Å²) in [4.78, 5) is 25.5. The molecule has 1 heterocycles. The van der Waals surface area contributed by atoms with E-state index in [1.165, 1.54) is 17.4 Å². The van der Waals surface area contributed by atoms with Crippen molar-refractivity contribution in [1.29, 1.82) is 5.26 Å². The number of fused-ring (bicyclic) bond motifs is 1. The number of aryl methyl sites for hydroxylation is 1. The second-order valence-electron chi connectivity index (χ2n) is 5.95. The molecule has 2 amide bonds. The van der Waals surface area contributed by atoms with Crippen LogP contribution >= 0.6 is 22.9 Å². The standard InChI is InChI=1S/C19H16ClN3O2S/c20-13-7-5-11(6-8-13)9-12(10-21)18(25)23-19-16(17(22)24)14-3-1-2-4-15(14)26-19/h5-9H,1-4H2,(H2,22,24)(H,23,25)/b12-9-. The summed E-state index contributed by atoms with van der Waals surface area (Å²) in [5.41, 5.74) is 7.46. The summed E-state index contributed by atoms with van der Waals surface area (Å²) in [5, 5.41) is 13.0. The van der Waals surface area contributed by atoms with Crippen LogP contribution in [0.1, 0.15) is 39.2 Å². The summed E-state index contributed by atoms with van der Waals surface area (Å²) in [5.74, 6) is -1.12. The number of anilines is 1. The average molecular weight is 386 g/mol. The fourth-order valence-corrected chi connectivity index (χ4v) is 4.38. The zero-order chi connectivity index (χ0) is 18.7. The number of halogens is 1. The van der Waals surface area contributed by atoms with Crippen molar-refractivity contribution in [2.45, 2.75) is 25.7 Å². The van der Waals surface area contributed by atoms with E-state index >= 15 is 0 Å². The maximum atomic E-state index is 12.5. The summed E-state index contributed by atoms with van der Waals surface area (Å²) >= 11 is 7.21. The van der Waals surface area contributed by atoms with Crippen molar-refractivity contribution in [2.24, 2.45) is 5.73 Å². The largest absolute Gasteiger partial charge is 0.365 e. The fraction of sp³-hybridized carbons (Fsp3) is 0.211. The van der Waals surface area contributed by atoms with Crippen LogP contribution in [0.15, 0.2) is 29.8 Å². The zero-order valence-electron chi connectivity index (χ0n) is 13.8. The minimum atomic E-state index is -0.566. The van der Waals surface area contributed by atoms with E-state index in [9.17, 15) is 14.9 Å². The topological polar surface area (TPSA) is 96.0 Å². The first-order valence-electron chi connectivity index (χ1n) is 8.12. The monoisotopic (exact) mass is 385 g/mol. The molecular formula is C19H16ClN3O2S. The lowest BCUT2D eigenvalue weighted by Crippen LogP contribution is -2.19. The smallest absolute Gasteiger partial charge is 0.266 e. The van der Waals surface area contributed by atoms with Gasteiger partial charge in [0, 0.05) is 9.90 Å². The fourth-order valence-electron chi connectivity index (χ4n) is 2.96. The van der Waals surface area contributed by atoms with E-state index in [2.05, 4.69) is 5.32 Å². The van der Waals surface area contributed by atoms with Crippen molar-refractivity contribution in [1.82, 2.24) is 0 Å². The van der Waals surface area contributed by atoms with Gasteiger partial charge < -0.3 is 11.1 Å². The third-order valence-electron chi connectivity index (χ3n) is 4.19. The van der Waals surface area contributed by atoms with Crippen LogP contribution in [0.5, 0.6) is 0 Å². The van der Waals surface area contributed by atoms with Gasteiger partial charge >= 0.3 is 0 Å². The number of hydrogen-bond donors (Lipinski definition) is 2. The molecule has 3 N–H and O–H groups in total. The average Bonchev–Trinajstić information content (AvgIpc) is 2.99. The normalized spacial score (nSPS) is 13.6. The quantitative estimate of drug-likeness (QED) is 0.616. The third kappa shape index (κ3) is 3.79. The highest BCUT2D eigenvalue weighted by Gasteiger charge is 2.25. The van der Waals surface area contributed by atoms with Crippen LogP contribution in [0.4, 0.5) is 5.00 Å². The number of amides is 2. The molecular weight excluding hydrogens is 370 g/mol. The predicted octanol–water partition coefficient (Wildman–Crippen LogP) is 3.92. The van der Waals surface area contributed by atoms with Crippen molar-refractivity contribution >= 4 is 45.8 Å². The number of nitrogens with one attached hydrogen (secondary N) is 1. The van der Waals surface area contributed by atoms with Gasteiger partial charge in [-0.2, -0.15) is 5.26 Å². The molecule has 3 rings (SSSR count). The molecule has 1 aromatic heterocycles. The number of nitriles is 1. The number of nitrogens with two attached hydrogens (primary N) is 1. The number of carbonyl (C=O) groups excluding carboxylic acids is 2. The molecule has 5 nitrogen and oxygen atoms in total. The molecule has 0 saturated heterocycles. The van der Waals surface area contributed by atoms with E-state index in [1.807, 2.05) is 6.07 Å². The molecule has 1 aliphatic rings. The van der Waals surface area contributed by atoms with E-state index in [1.54, 1.807) is 24.3 Å². The van der Waals surface area contributed by atoms with Gasteiger partial charge in [0.1, 0.15) is 16.6 Å². The van der Waals surface area contributed by atoms with E-state index in [-0.39, 0.29) is 5.57 Å². The van der Waals surface area contributed by atoms with Gasteiger partial charge in [0.25, 0.3) is 11.8 Å². The van der Waals surface area contributed by atoms with Crippen molar-refractivity contribution in [3.8, 4) is 6.07 Å². The highest BCUT2D eigenvalue weighted by Crippen LogP contribution is 2.38. The molecule has 26 heavy (non-hydrogen) atoms. The molecule has 0 bridgehead atoms. The summed E-state index contributed by atoms with van der Waals surface area (Å²) in [6, 6.07) is 8.69. The Labute approximate surface area is 160 Å². The first-order valence-corrected chi connectivity index (χ1v) is 9.32. The number of primary amides is 1. The summed E-state index contributed by atoms with van der Waals surface area (Å²) < 4.78 is 0. The number of rotatable bonds is 4. The van der Waals surface area contributed by atoms with E-state index in [0.717, 1.165) is 36.1 Å². The Bertz CT molecular complexity index is 939. The Balaban J connectivity index is 1.89. The molecule has 0 radical (unpaired) electrons. The van der Waals surface area contributed by atoms with Gasteiger partial charge in [-0.25, -0.2) is 0 Å². The van der Waals surface area contributed by atoms with E-state index in [0.29, 0.717) is 21.2 Å². The molecule has 1 aromatic carbocycles. The third-order valence-corrected chi connectivity index (χ3v) is 5.65. The van der Waals surface area contributed by atoms with Crippen LogP contribution in [0.2, 0.25) is 5.02 Å². The van der Waals surface area contributed by atoms with Crippen LogP contribution < -0.4 is 11.1 Å². The lowest BCUT2D eigenvalue weighted by Gasteiger charge is -2.11. The molecule has 0 spiro atoms. The van der Waals surface area contributed by atoms with Gasteiger partial charge in [0.15, 0.2) is 0 Å². The first kappa shape index (κ1) is 18.2. The second-order valence-corrected chi connectivity index (χ2v) is 7.50. The maximum Gasteiger partial charge on any atom is 0.266 e. The lowest BCUT2D eigenvalue weighted by atomic mass is 9.95. The van der Waals surface area contributed by atoms with Crippen LogP contribution in [-0.2, 0) is 17.6 Å². The Morgan fingerprint density at radius 3 is 2.58 bits per heavy atom. The molecule has 0 atom stereocenters. The SMILES string of the molecule is N#C/C(=C/c1ccc(Cl)cc1)C(=O)Nc1sc2c(c1C(N)=O)CCCC2. The summed E-state index contributed by atoms with van der Waals surface area (Å²) in [7, 11) is 0. The van der Waals surface area contributed by atoms with Crippen LogP contribution in [0.25, 0.3) is 6.08 Å². The summed E-state index contributed by atoms with van der Waals surface area (Å²) in [6.45, 7) is 0. The Hall–Kier alpha value is -2.62. The van der Waals surface area contributed by atoms with Gasteiger partial charge in [0.2, 0.25) is 0 Å². The van der Waals surface area contributed by atoms with Gasteiger partial charge in [-0.3, -0.25) is 9.59 Å². The van der Waals surface area contributed by atoms with Crippen molar-refractivity contribution < 1.29 is 9.59 Å². The van der Waals surface area contributed by atoms with Gasteiger partial charge in [0.05, 0.1) is 5.56 Å². The molecule has 1 aliphatic carbocycles. The molecule has 132 valence electrons. The van der Waals surface area contributed by atoms with Crippen LogP contribution in [-0.4, -0.2) is 11.8 Å². The highest BCUT2D eigenvalue weighted by molar-refractivity contribution is 7.17. The molecule has 0 aliphatic heterocycles. The van der Waals surface area contributed by atoms with E-state index in [4.69, 9.17) is 17.3 Å². The number of thiophene rings is 1. The Kier molecular flexibility index (Phi) is 5.40. The van der Waals surface area contributed by atoms with Crippen molar-refractivity contribution in [2.75, 3.05) is 5.32 Å². The van der Waals surface area contributed by atoms with E-state index < -0.39 is 11.8 Å². The molecule has 7 heteroatoms.